The molecule has 8 nitrogen and oxygen atoms in total. The van der Waals surface area contributed by atoms with Gasteiger partial charge in [0.1, 0.15) is 23.0 Å². The summed E-state index contributed by atoms with van der Waals surface area (Å²) in [4.78, 5) is 14.4. The van der Waals surface area contributed by atoms with Crippen molar-refractivity contribution in [3.05, 3.63) is 53.1 Å². The monoisotopic (exact) mass is 462 g/mol. The second-order valence-corrected chi connectivity index (χ2v) is 9.69. The van der Waals surface area contributed by atoms with Crippen LogP contribution in [0.1, 0.15) is 21.5 Å². The first-order chi connectivity index (χ1) is 15.2. The molecular formula is C23H30N2O6S. The van der Waals surface area contributed by atoms with Crippen LogP contribution in [0.15, 0.2) is 41.3 Å². The Morgan fingerprint density at radius 3 is 2.38 bits per heavy atom. The van der Waals surface area contributed by atoms with E-state index < -0.39 is 10.0 Å². The third-order valence-corrected chi connectivity index (χ3v) is 7.16. The standard InChI is InChI=1S/C23H30N2O6S/c1-17-13-18(2)15-20(14-17)31-12-7-24(3)23(26)19-5-6-21(29-4)22(16-19)32(27,28)25-8-10-30-11-9-25/h5-6,13-16H,7-12H2,1-4H3. The summed E-state index contributed by atoms with van der Waals surface area (Å²) in [6.07, 6.45) is 0. The maximum Gasteiger partial charge on any atom is 0.253 e. The maximum absolute atomic E-state index is 13.1. The molecule has 2 aromatic carbocycles. The molecule has 0 bridgehead atoms. The first kappa shape index (κ1) is 24.0. The van der Waals surface area contributed by atoms with Crippen molar-refractivity contribution in [2.45, 2.75) is 18.7 Å². The van der Waals surface area contributed by atoms with Crippen LogP contribution in [0.5, 0.6) is 11.5 Å². The zero-order valence-electron chi connectivity index (χ0n) is 19.0. The van der Waals surface area contributed by atoms with Crippen LogP contribution >= 0.6 is 0 Å². The van der Waals surface area contributed by atoms with Crippen molar-refractivity contribution in [3.8, 4) is 11.5 Å². The van der Waals surface area contributed by atoms with Gasteiger partial charge in [-0.25, -0.2) is 8.42 Å². The van der Waals surface area contributed by atoms with Crippen molar-refractivity contribution in [3.63, 3.8) is 0 Å². The summed E-state index contributed by atoms with van der Waals surface area (Å²) in [5, 5.41) is 0. The molecule has 0 atom stereocenters. The SMILES string of the molecule is COc1ccc(C(=O)N(C)CCOc2cc(C)cc(C)c2)cc1S(=O)(=O)N1CCOCC1. The zero-order valence-corrected chi connectivity index (χ0v) is 19.8. The van der Waals surface area contributed by atoms with Crippen molar-refractivity contribution in [1.82, 2.24) is 9.21 Å². The van der Waals surface area contributed by atoms with Crippen molar-refractivity contribution in [2.75, 3.05) is 53.6 Å². The Balaban J connectivity index is 1.72. The van der Waals surface area contributed by atoms with E-state index in [0.717, 1.165) is 16.9 Å². The van der Waals surface area contributed by atoms with Gasteiger partial charge in [-0.15, -0.1) is 0 Å². The fourth-order valence-electron chi connectivity index (χ4n) is 3.58. The number of rotatable bonds is 8. The van der Waals surface area contributed by atoms with Crippen LogP contribution in [0, 0.1) is 13.8 Å². The molecule has 1 aliphatic rings. The summed E-state index contributed by atoms with van der Waals surface area (Å²) in [5.41, 5.74) is 2.49. The Morgan fingerprint density at radius 1 is 1.09 bits per heavy atom. The van der Waals surface area contributed by atoms with Crippen LogP contribution < -0.4 is 9.47 Å². The Labute approximate surface area is 189 Å². The van der Waals surface area contributed by atoms with Gasteiger partial charge in [0.15, 0.2) is 0 Å². The average molecular weight is 463 g/mol. The summed E-state index contributed by atoms with van der Waals surface area (Å²) < 4.78 is 43.9. The molecule has 1 fully saturated rings. The van der Waals surface area contributed by atoms with E-state index in [2.05, 4.69) is 6.07 Å². The van der Waals surface area contributed by atoms with E-state index in [4.69, 9.17) is 14.2 Å². The minimum Gasteiger partial charge on any atom is -0.495 e. The molecule has 1 aliphatic heterocycles. The van der Waals surface area contributed by atoms with E-state index in [0.29, 0.717) is 26.4 Å². The molecule has 0 N–H and O–H groups in total. The number of benzene rings is 2. The lowest BCUT2D eigenvalue weighted by Gasteiger charge is -2.27. The largest absolute Gasteiger partial charge is 0.495 e. The number of hydrogen-bond acceptors (Lipinski definition) is 6. The third-order valence-electron chi connectivity index (χ3n) is 5.24. The molecule has 0 aliphatic carbocycles. The van der Waals surface area contributed by atoms with Gasteiger partial charge in [-0.1, -0.05) is 6.07 Å². The number of carbonyl (C=O) groups excluding carboxylic acids is 1. The predicted molar refractivity (Wildman–Crippen MR) is 121 cm³/mol. The topological polar surface area (TPSA) is 85.4 Å². The fraction of sp³-hybridized carbons (Fsp3) is 0.435. The average Bonchev–Trinajstić information content (AvgIpc) is 2.78. The molecule has 1 saturated heterocycles. The molecule has 1 heterocycles. The minimum absolute atomic E-state index is 0.0207. The Hall–Kier alpha value is -2.62. The van der Waals surface area contributed by atoms with E-state index in [9.17, 15) is 13.2 Å². The molecule has 3 rings (SSSR count). The fourth-order valence-corrected chi connectivity index (χ4v) is 5.17. The van der Waals surface area contributed by atoms with Crippen LogP contribution in [0.2, 0.25) is 0 Å². The number of nitrogens with zero attached hydrogens (tertiary/aromatic N) is 2. The highest BCUT2D eigenvalue weighted by atomic mass is 32.2. The van der Waals surface area contributed by atoms with E-state index >= 15 is 0 Å². The van der Waals surface area contributed by atoms with Gasteiger partial charge in [0.05, 0.1) is 26.9 Å². The molecule has 1 amide bonds. The van der Waals surface area contributed by atoms with Crippen LogP contribution in [0.4, 0.5) is 0 Å². The molecule has 2 aromatic rings. The lowest BCUT2D eigenvalue weighted by molar-refractivity contribution is 0.0729. The summed E-state index contributed by atoms with van der Waals surface area (Å²) in [6, 6.07) is 10.4. The van der Waals surface area contributed by atoms with Crippen molar-refractivity contribution in [2.24, 2.45) is 0 Å². The number of amides is 1. The summed E-state index contributed by atoms with van der Waals surface area (Å²) in [6.45, 7) is 5.87. The van der Waals surface area contributed by atoms with Gasteiger partial charge >= 0.3 is 0 Å². The van der Waals surface area contributed by atoms with Gasteiger partial charge in [-0.3, -0.25) is 4.79 Å². The van der Waals surface area contributed by atoms with Crippen LogP contribution in [0.25, 0.3) is 0 Å². The molecule has 0 aromatic heterocycles. The number of sulfonamides is 1. The van der Waals surface area contributed by atoms with Crippen LogP contribution in [-0.4, -0.2) is 77.1 Å². The number of likely N-dealkylation sites (N-methyl/N-ethyl adjacent to an activating group) is 1. The van der Waals surface area contributed by atoms with Gasteiger partial charge < -0.3 is 19.1 Å². The second-order valence-electron chi connectivity index (χ2n) is 7.78. The predicted octanol–water partition coefficient (Wildman–Crippen LogP) is 2.48. The molecular weight excluding hydrogens is 432 g/mol. The van der Waals surface area contributed by atoms with Gasteiger partial charge in [0.2, 0.25) is 10.0 Å². The first-order valence-corrected chi connectivity index (χ1v) is 11.9. The lowest BCUT2D eigenvalue weighted by Crippen LogP contribution is -2.40. The third kappa shape index (κ3) is 5.59. The van der Waals surface area contributed by atoms with E-state index in [-0.39, 0.29) is 35.2 Å². The quantitative estimate of drug-likeness (QED) is 0.599. The molecule has 9 heteroatoms. The van der Waals surface area contributed by atoms with Gasteiger partial charge in [-0.05, 0) is 55.3 Å². The van der Waals surface area contributed by atoms with Crippen molar-refractivity contribution < 1.29 is 27.4 Å². The zero-order chi connectivity index (χ0) is 23.3. The molecule has 174 valence electrons. The van der Waals surface area contributed by atoms with Gasteiger partial charge in [0, 0.05) is 25.7 Å². The number of ether oxygens (including phenoxy) is 3. The highest BCUT2D eigenvalue weighted by Gasteiger charge is 2.30. The number of methoxy groups -OCH3 is 1. The Kier molecular flexibility index (Phi) is 7.76. The summed E-state index contributed by atoms with van der Waals surface area (Å²) >= 11 is 0. The normalized spacial score (nSPS) is 14.8. The maximum atomic E-state index is 13.1. The molecule has 32 heavy (non-hydrogen) atoms. The van der Waals surface area contributed by atoms with E-state index in [1.807, 2.05) is 26.0 Å². The first-order valence-electron chi connectivity index (χ1n) is 10.4. The molecule has 0 radical (unpaired) electrons. The molecule has 0 saturated carbocycles. The van der Waals surface area contributed by atoms with Gasteiger partial charge in [0.25, 0.3) is 5.91 Å². The van der Waals surface area contributed by atoms with Crippen molar-refractivity contribution in [1.29, 1.82) is 0 Å². The summed E-state index contributed by atoms with van der Waals surface area (Å²) in [7, 11) is -0.746. The second kappa shape index (κ2) is 10.3. The Bertz CT molecular complexity index is 1040. The summed E-state index contributed by atoms with van der Waals surface area (Å²) in [5.74, 6) is 0.663. The van der Waals surface area contributed by atoms with E-state index in [1.165, 1.54) is 28.4 Å². The number of hydrogen-bond donors (Lipinski definition) is 0. The minimum atomic E-state index is -3.81. The molecule has 0 unspecified atom stereocenters. The highest BCUT2D eigenvalue weighted by molar-refractivity contribution is 7.89. The van der Waals surface area contributed by atoms with Crippen LogP contribution in [-0.2, 0) is 14.8 Å². The number of carbonyl (C=O) groups is 1. The lowest BCUT2D eigenvalue weighted by atomic mass is 10.1. The smallest absolute Gasteiger partial charge is 0.253 e. The van der Waals surface area contributed by atoms with E-state index in [1.54, 1.807) is 13.1 Å². The van der Waals surface area contributed by atoms with Crippen molar-refractivity contribution >= 4 is 15.9 Å². The Morgan fingerprint density at radius 2 is 1.75 bits per heavy atom. The number of morpholine rings is 1. The number of aryl methyl sites for hydroxylation is 2. The van der Waals surface area contributed by atoms with Crippen LogP contribution in [0.3, 0.4) is 0 Å². The van der Waals surface area contributed by atoms with Gasteiger partial charge in [-0.2, -0.15) is 4.31 Å². The molecule has 0 spiro atoms. The highest BCUT2D eigenvalue weighted by Crippen LogP contribution is 2.29.